The summed E-state index contributed by atoms with van der Waals surface area (Å²) in [5.74, 6) is -0.0686. The molecule has 1 aliphatic carbocycles. The van der Waals surface area contributed by atoms with E-state index >= 15 is 0 Å². The fourth-order valence-corrected chi connectivity index (χ4v) is 6.42. The molecule has 0 bridgehead atoms. The van der Waals surface area contributed by atoms with Gasteiger partial charge in [-0.3, -0.25) is 9.69 Å². The zero-order valence-electron chi connectivity index (χ0n) is 21.5. The summed E-state index contributed by atoms with van der Waals surface area (Å²) in [5.41, 5.74) is 4.24. The lowest BCUT2D eigenvalue weighted by Crippen LogP contribution is -2.37. The number of nitrogens with zero attached hydrogens (tertiary/aromatic N) is 5. The molecule has 196 valence electrons. The van der Waals surface area contributed by atoms with Crippen molar-refractivity contribution >= 4 is 17.2 Å². The molecule has 2 saturated heterocycles. The predicted octanol–water partition coefficient (Wildman–Crippen LogP) is 1.89. The zero-order chi connectivity index (χ0) is 25.7. The smallest absolute Gasteiger partial charge is 0.291 e. The molecular weight excluding hydrogens is 468 g/mol. The van der Waals surface area contributed by atoms with Crippen LogP contribution in [0.4, 0.5) is 5.69 Å². The molecule has 1 saturated carbocycles. The first kappa shape index (κ1) is 24.3. The van der Waals surface area contributed by atoms with Crippen LogP contribution in [0.15, 0.2) is 42.6 Å². The average molecular weight is 505 g/mol. The SMILES string of the molecule is Cc1cc(N2CC[C@](C)(c3ccccc3)C2)cn2nc(C(=O)NC3CCC(N4C[C@@H](O)[C@@H](O)C4)C3)nc12. The number of anilines is 1. The lowest BCUT2D eigenvalue weighted by molar-refractivity contribution is 0.0572. The van der Waals surface area contributed by atoms with E-state index in [9.17, 15) is 15.0 Å². The number of benzene rings is 1. The van der Waals surface area contributed by atoms with Gasteiger partial charge in [-0.05, 0) is 49.8 Å². The number of likely N-dealkylation sites (tertiary alicyclic amines) is 1. The minimum absolute atomic E-state index is 0.0379. The number of nitrogens with one attached hydrogen (secondary N) is 1. The minimum Gasteiger partial charge on any atom is -0.389 e. The number of aliphatic hydroxyl groups is 2. The van der Waals surface area contributed by atoms with E-state index in [4.69, 9.17) is 0 Å². The van der Waals surface area contributed by atoms with Gasteiger partial charge in [0.25, 0.3) is 5.91 Å². The summed E-state index contributed by atoms with van der Waals surface area (Å²) < 4.78 is 1.74. The Kier molecular flexibility index (Phi) is 6.17. The first-order valence-corrected chi connectivity index (χ1v) is 13.4. The van der Waals surface area contributed by atoms with E-state index in [1.165, 1.54) is 5.56 Å². The van der Waals surface area contributed by atoms with Crippen molar-refractivity contribution in [3.05, 3.63) is 59.5 Å². The van der Waals surface area contributed by atoms with Crippen molar-refractivity contribution in [2.75, 3.05) is 31.1 Å². The molecule has 0 spiro atoms. The molecule has 9 heteroatoms. The fraction of sp³-hybridized carbons (Fsp3) is 0.536. The van der Waals surface area contributed by atoms with Crippen LogP contribution in [-0.2, 0) is 5.41 Å². The number of aliphatic hydroxyl groups excluding tert-OH is 2. The maximum Gasteiger partial charge on any atom is 0.291 e. The van der Waals surface area contributed by atoms with E-state index in [1.807, 2.05) is 13.1 Å². The Hall–Kier alpha value is -3.01. The number of rotatable bonds is 5. The molecule has 5 atom stereocenters. The van der Waals surface area contributed by atoms with Crippen molar-refractivity contribution in [3.63, 3.8) is 0 Å². The third-order valence-electron chi connectivity index (χ3n) is 8.66. The first-order chi connectivity index (χ1) is 17.8. The predicted molar refractivity (Wildman–Crippen MR) is 141 cm³/mol. The maximum absolute atomic E-state index is 13.0. The highest BCUT2D eigenvalue weighted by Crippen LogP contribution is 2.36. The van der Waals surface area contributed by atoms with Crippen LogP contribution in [0.5, 0.6) is 0 Å². The normalized spacial score (nSPS) is 30.4. The number of aromatic nitrogens is 3. The highest BCUT2D eigenvalue weighted by atomic mass is 16.3. The van der Waals surface area contributed by atoms with Crippen LogP contribution in [0.2, 0.25) is 0 Å². The van der Waals surface area contributed by atoms with Crippen LogP contribution in [0.25, 0.3) is 5.65 Å². The topological polar surface area (TPSA) is 106 Å². The quantitative estimate of drug-likeness (QED) is 0.487. The molecule has 3 aromatic rings. The second-order valence-electron chi connectivity index (χ2n) is 11.4. The van der Waals surface area contributed by atoms with Crippen LogP contribution in [-0.4, -0.2) is 86.1 Å². The largest absolute Gasteiger partial charge is 0.389 e. The van der Waals surface area contributed by atoms with Crippen molar-refractivity contribution < 1.29 is 15.0 Å². The number of hydrogen-bond donors (Lipinski definition) is 3. The lowest BCUT2D eigenvalue weighted by Gasteiger charge is -2.26. The first-order valence-electron chi connectivity index (χ1n) is 13.4. The van der Waals surface area contributed by atoms with E-state index < -0.39 is 12.2 Å². The molecule has 4 heterocycles. The summed E-state index contributed by atoms with van der Waals surface area (Å²) >= 11 is 0. The van der Waals surface area contributed by atoms with E-state index in [2.05, 4.69) is 68.5 Å². The Balaban J connectivity index is 1.14. The number of β-amino-alcohol motifs (C(OH)–C–C–N with tert-alkyl or cyclic N) is 2. The number of aryl methyl sites for hydroxylation is 1. The van der Waals surface area contributed by atoms with Crippen LogP contribution in [0.1, 0.15) is 54.4 Å². The van der Waals surface area contributed by atoms with Gasteiger partial charge in [-0.25, -0.2) is 9.50 Å². The summed E-state index contributed by atoms with van der Waals surface area (Å²) in [5, 5.41) is 27.4. The van der Waals surface area contributed by atoms with Crippen molar-refractivity contribution in [1.82, 2.24) is 24.8 Å². The maximum atomic E-state index is 13.0. The van der Waals surface area contributed by atoms with Gasteiger partial charge in [0.05, 0.1) is 24.1 Å². The Morgan fingerprint density at radius 2 is 1.89 bits per heavy atom. The Morgan fingerprint density at radius 1 is 1.14 bits per heavy atom. The Labute approximate surface area is 217 Å². The zero-order valence-corrected chi connectivity index (χ0v) is 21.5. The van der Waals surface area contributed by atoms with Gasteiger partial charge < -0.3 is 20.4 Å². The van der Waals surface area contributed by atoms with Gasteiger partial charge in [-0.2, -0.15) is 0 Å². The van der Waals surface area contributed by atoms with Crippen LogP contribution in [0.3, 0.4) is 0 Å². The average Bonchev–Trinajstić information content (AvgIpc) is 3.67. The highest BCUT2D eigenvalue weighted by Gasteiger charge is 2.38. The molecule has 3 fully saturated rings. The molecule has 2 unspecified atom stereocenters. The molecule has 2 aromatic heterocycles. The van der Waals surface area contributed by atoms with E-state index in [-0.39, 0.29) is 29.2 Å². The molecular formula is C28H36N6O3. The Morgan fingerprint density at radius 3 is 2.65 bits per heavy atom. The number of fused-ring (bicyclic) bond motifs is 1. The van der Waals surface area contributed by atoms with Gasteiger partial charge in [0.15, 0.2) is 5.65 Å². The Bertz CT molecular complexity index is 1290. The third-order valence-corrected chi connectivity index (χ3v) is 8.66. The molecule has 6 rings (SSSR count). The van der Waals surface area contributed by atoms with E-state index in [1.54, 1.807) is 4.52 Å². The molecule has 3 N–H and O–H groups in total. The van der Waals surface area contributed by atoms with Gasteiger partial charge in [0.2, 0.25) is 5.82 Å². The molecule has 1 aromatic carbocycles. The highest BCUT2D eigenvalue weighted by molar-refractivity contribution is 5.91. The van der Waals surface area contributed by atoms with Crippen LogP contribution in [0, 0.1) is 6.92 Å². The fourth-order valence-electron chi connectivity index (χ4n) is 6.42. The van der Waals surface area contributed by atoms with Gasteiger partial charge >= 0.3 is 0 Å². The monoisotopic (exact) mass is 504 g/mol. The molecule has 1 amide bonds. The number of pyridine rings is 1. The van der Waals surface area contributed by atoms with Crippen molar-refractivity contribution in [2.45, 2.75) is 69.2 Å². The van der Waals surface area contributed by atoms with E-state index in [0.717, 1.165) is 50.0 Å². The number of amides is 1. The second kappa shape index (κ2) is 9.38. The van der Waals surface area contributed by atoms with Crippen molar-refractivity contribution in [2.24, 2.45) is 0 Å². The van der Waals surface area contributed by atoms with Crippen LogP contribution < -0.4 is 10.2 Å². The van der Waals surface area contributed by atoms with E-state index in [0.29, 0.717) is 18.7 Å². The second-order valence-corrected chi connectivity index (χ2v) is 11.4. The number of hydrogen-bond acceptors (Lipinski definition) is 7. The van der Waals surface area contributed by atoms with Gasteiger partial charge in [0, 0.05) is 43.7 Å². The van der Waals surface area contributed by atoms with Crippen molar-refractivity contribution in [3.8, 4) is 0 Å². The molecule has 3 aliphatic rings. The van der Waals surface area contributed by atoms with Crippen LogP contribution >= 0.6 is 0 Å². The lowest BCUT2D eigenvalue weighted by atomic mass is 9.82. The summed E-state index contributed by atoms with van der Waals surface area (Å²) in [7, 11) is 0. The van der Waals surface area contributed by atoms with Gasteiger partial charge in [-0.15, -0.1) is 5.10 Å². The van der Waals surface area contributed by atoms with Gasteiger partial charge in [-0.1, -0.05) is 37.3 Å². The summed E-state index contributed by atoms with van der Waals surface area (Å²) in [6.07, 6.45) is 4.30. The van der Waals surface area contributed by atoms with Crippen molar-refractivity contribution in [1.29, 1.82) is 0 Å². The van der Waals surface area contributed by atoms with Gasteiger partial charge in [0.1, 0.15) is 0 Å². The number of carbonyl (C=O) groups excluding carboxylic acids is 1. The minimum atomic E-state index is -0.684. The summed E-state index contributed by atoms with van der Waals surface area (Å²) in [6, 6.07) is 13.1. The third kappa shape index (κ3) is 4.60. The molecule has 0 radical (unpaired) electrons. The molecule has 2 aliphatic heterocycles. The number of carbonyl (C=O) groups is 1. The standard InChI is InChI=1S/C28H36N6O3/c1-18-12-22(32-11-10-28(2,17-32)19-6-4-3-5-7-19)14-34-26(18)30-25(31-34)27(37)29-20-8-9-21(13-20)33-15-23(35)24(36)16-33/h3-7,12,14,20-21,23-24,35-36H,8-11,13,15-17H2,1-2H3,(H,29,37)/t20?,21?,23-,24+,28-/m0/s1. The molecule has 9 nitrogen and oxygen atoms in total. The summed E-state index contributed by atoms with van der Waals surface area (Å²) in [4.78, 5) is 22.1. The molecule has 37 heavy (non-hydrogen) atoms. The summed E-state index contributed by atoms with van der Waals surface area (Å²) in [6.45, 7) is 7.22.